The van der Waals surface area contributed by atoms with E-state index in [0.717, 1.165) is 16.7 Å². The summed E-state index contributed by atoms with van der Waals surface area (Å²) in [5, 5.41) is 0. The number of hydrogen-bond acceptors (Lipinski definition) is 7. The van der Waals surface area contributed by atoms with E-state index in [1.165, 1.54) is 0 Å². The van der Waals surface area contributed by atoms with Crippen LogP contribution in [-0.2, 0) is 39.8 Å². The van der Waals surface area contributed by atoms with Crippen LogP contribution in [0.3, 0.4) is 0 Å². The minimum atomic E-state index is -0.706. The van der Waals surface area contributed by atoms with Gasteiger partial charge in [0.05, 0.1) is 13.2 Å². The second-order valence-corrected chi connectivity index (χ2v) is 9.96. The van der Waals surface area contributed by atoms with Crippen molar-refractivity contribution < 1.29 is 33.2 Å². The first-order valence-corrected chi connectivity index (χ1v) is 13.0. The molecular formula is C30H29NO7. The van der Waals surface area contributed by atoms with E-state index in [1.54, 1.807) is 4.90 Å². The first-order valence-electron chi connectivity index (χ1n) is 13.0. The number of carbonyl (C=O) groups excluding carboxylic acids is 1. The van der Waals surface area contributed by atoms with Crippen LogP contribution in [0.2, 0.25) is 0 Å². The van der Waals surface area contributed by atoms with Gasteiger partial charge >= 0.3 is 0 Å². The molecule has 0 spiro atoms. The topological polar surface area (TPSA) is 79.0 Å². The maximum absolute atomic E-state index is 13.7. The average molecular weight is 516 g/mol. The molecule has 4 aliphatic rings. The second kappa shape index (κ2) is 10.2. The first kappa shape index (κ1) is 24.0. The quantitative estimate of drug-likeness (QED) is 0.463. The Morgan fingerprint density at radius 1 is 0.789 bits per heavy atom. The van der Waals surface area contributed by atoms with Gasteiger partial charge in [0, 0.05) is 5.56 Å². The van der Waals surface area contributed by atoms with Crippen LogP contribution in [0.25, 0.3) is 0 Å². The zero-order valence-electron chi connectivity index (χ0n) is 20.7. The minimum Gasteiger partial charge on any atom is -0.354 e. The maximum atomic E-state index is 13.7. The van der Waals surface area contributed by atoms with Crippen molar-refractivity contribution in [1.82, 2.24) is 4.90 Å². The van der Waals surface area contributed by atoms with E-state index in [1.807, 2.05) is 91.0 Å². The second-order valence-electron chi connectivity index (χ2n) is 9.96. The van der Waals surface area contributed by atoms with E-state index in [9.17, 15) is 4.79 Å². The molecule has 3 aromatic carbocycles. The largest absolute Gasteiger partial charge is 0.354 e. The van der Waals surface area contributed by atoms with Crippen molar-refractivity contribution in [2.45, 2.75) is 55.7 Å². The number of rotatable bonds is 6. The van der Waals surface area contributed by atoms with Crippen LogP contribution in [0.5, 0.6) is 0 Å². The third-order valence-corrected chi connectivity index (χ3v) is 7.55. The van der Waals surface area contributed by atoms with Crippen molar-refractivity contribution >= 4 is 5.91 Å². The van der Waals surface area contributed by atoms with E-state index < -0.39 is 36.9 Å². The van der Waals surface area contributed by atoms with Crippen molar-refractivity contribution in [2.24, 2.45) is 0 Å². The summed E-state index contributed by atoms with van der Waals surface area (Å²) in [6.45, 7) is 0.792. The molecular weight excluding hydrogens is 486 g/mol. The molecule has 0 aliphatic carbocycles. The van der Waals surface area contributed by atoms with Gasteiger partial charge in [-0.1, -0.05) is 91.0 Å². The fourth-order valence-corrected chi connectivity index (χ4v) is 5.57. The summed E-state index contributed by atoms with van der Waals surface area (Å²) in [4.78, 5) is 15.4. The Balaban J connectivity index is 1.12. The highest BCUT2D eigenvalue weighted by Gasteiger charge is 2.59. The predicted molar refractivity (Wildman–Crippen MR) is 134 cm³/mol. The molecule has 3 aromatic rings. The molecule has 4 aliphatic heterocycles. The molecule has 4 fully saturated rings. The van der Waals surface area contributed by atoms with Crippen molar-refractivity contribution in [2.75, 3.05) is 13.3 Å². The van der Waals surface area contributed by atoms with E-state index in [4.69, 9.17) is 28.4 Å². The number of epoxide rings is 1. The van der Waals surface area contributed by atoms with Gasteiger partial charge in [-0.3, -0.25) is 4.79 Å². The van der Waals surface area contributed by atoms with E-state index in [-0.39, 0.29) is 24.8 Å². The number of nitrogens with zero attached hydrogens (tertiary/aromatic N) is 1. The number of fused-ring (bicyclic) bond motifs is 3. The van der Waals surface area contributed by atoms with Gasteiger partial charge in [0.2, 0.25) is 0 Å². The lowest BCUT2D eigenvalue weighted by molar-refractivity contribution is -0.342. The van der Waals surface area contributed by atoms with Crippen molar-refractivity contribution in [1.29, 1.82) is 0 Å². The van der Waals surface area contributed by atoms with Crippen molar-refractivity contribution in [3.63, 3.8) is 0 Å². The van der Waals surface area contributed by atoms with Crippen molar-refractivity contribution in [3.8, 4) is 0 Å². The molecule has 196 valence electrons. The predicted octanol–water partition coefficient (Wildman–Crippen LogP) is 3.74. The number of hydrogen-bond donors (Lipinski definition) is 0. The molecule has 8 heteroatoms. The van der Waals surface area contributed by atoms with Gasteiger partial charge in [-0.05, 0) is 11.1 Å². The number of ether oxygens (including phenoxy) is 6. The summed E-state index contributed by atoms with van der Waals surface area (Å²) >= 11 is 0. The average Bonchev–Trinajstić information content (AvgIpc) is 3.67. The highest BCUT2D eigenvalue weighted by atomic mass is 16.8. The fourth-order valence-electron chi connectivity index (χ4n) is 5.57. The Labute approximate surface area is 221 Å². The summed E-state index contributed by atoms with van der Waals surface area (Å²) in [5.74, 6) is -0.131. The Kier molecular flexibility index (Phi) is 6.45. The summed E-state index contributed by atoms with van der Waals surface area (Å²) in [6.07, 6.45) is -3.29. The standard InChI is InChI=1S/C30H29NO7/c32-28(27-24(37-27)20-12-6-2-7-13-20)31-18-35-26-23(31)30(33-16-19-10-4-1-5-11-19)36-22-17-34-29(38-25(22)26)21-14-8-3-9-15-21/h1-15,22-27,29-30H,16-18H2/t22-,23-,24+,25-,26+,27+,29-,30-/m1/s1. The number of benzene rings is 3. The van der Waals surface area contributed by atoms with Gasteiger partial charge in [0.1, 0.15) is 37.2 Å². The van der Waals surface area contributed by atoms with Crippen LogP contribution in [-0.4, -0.2) is 60.9 Å². The summed E-state index contributed by atoms with van der Waals surface area (Å²) in [7, 11) is 0. The Hall–Kier alpha value is -3.11. The molecule has 4 heterocycles. The van der Waals surface area contributed by atoms with Crippen LogP contribution < -0.4 is 0 Å². The molecule has 4 saturated heterocycles. The Morgan fingerprint density at radius 3 is 2.21 bits per heavy atom. The monoisotopic (exact) mass is 515 g/mol. The van der Waals surface area contributed by atoms with Crippen LogP contribution in [0, 0.1) is 0 Å². The molecule has 1 amide bonds. The molecule has 7 rings (SSSR count). The maximum Gasteiger partial charge on any atom is 0.257 e. The van der Waals surface area contributed by atoms with Crippen LogP contribution in [0.4, 0.5) is 0 Å². The minimum absolute atomic E-state index is 0.119. The van der Waals surface area contributed by atoms with Crippen LogP contribution in [0.15, 0.2) is 91.0 Å². The van der Waals surface area contributed by atoms with E-state index >= 15 is 0 Å². The molecule has 38 heavy (non-hydrogen) atoms. The van der Waals surface area contributed by atoms with Gasteiger partial charge in [-0.2, -0.15) is 0 Å². The smallest absolute Gasteiger partial charge is 0.257 e. The van der Waals surface area contributed by atoms with Gasteiger partial charge < -0.3 is 33.3 Å². The lowest BCUT2D eigenvalue weighted by atomic mass is 9.95. The first-order chi connectivity index (χ1) is 18.8. The molecule has 8 nitrogen and oxygen atoms in total. The van der Waals surface area contributed by atoms with Crippen LogP contribution >= 0.6 is 0 Å². The molecule has 8 atom stereocenters. The third-order valence-electron chi connectivity index (χ3n) is 7.55. The van der Waals surface area contributed by atoms with Crippen LogP contribution in [0.1, 0.15) is 29.1 Å². The summed E-state index contributed by atoms with van der Waals surface area (Å²) < 4.78 is 37.2. The number of carbonyl (C=O) groups is 1. The van der Waals surface area contributed by atoms with Gasteiger partial charge in [0.15, 0.2) is 18.7 Å². The number of amides is 1. The summed E-state index contributed by atoms with van der Waals surface area (Å²) in [6, 6.07) is 29.0. The highest BCUT2D eigenvalue weighted by Crippen LogP contribution is 2.44. The lowest BCUT2D eigenvalue weighted by Crippen LogP contribution is -2.64. The molecule has 0 unspecified atom stereocenters. The Morgan fingerprint density at radius 2 is 1.47 bits per heavy atom. The van der Waals surface area contributed by atoms with Gasteiger partial charge in [-0.25, -0.2) is 0 Å². The third kappa shape index (κ3) is 4.53. The van der Waals surface area contributed by atoms with E-state index in [2.05, 4.69) is 0 Å². The zero-order chi connectivity index (χ0) is 25.5. The molecule has 0 saturated carbocycles. The van der Waals surface area contributed by atoms with Gasteiger partial charge in [-0.15, -0.1) is 0 Å². The molecule has 0 aromatic heterocycles. The summed E-state index contributed by atoms with van der Waals surface area (Å²) in [5.41, 5.74) is 2.92. The van der Waals surface area contributed by atoms with E-state index in [0.29, 0.717) is 13.2 Å². The lowest BCUT2D eigenvalue weighted by Gasteiger charge is -2.47. The normalized spacial score (nSPS) is 33.8. The fraction of sp³-hybridized carbons (Fsp3) is 0.367. The SMILES string of the molecule is O=C([C@H]1O[C@H]1c1ccccc1)N1CO[C@@H]2[C@@H]3O[C@H](c4ccccc4)OC[C@H]3O[C@@H](OCc3ccccc3)[C@@H]21. The molecule has 0 radical (unpaired) electrons. The van der Waals surface area contributed by atoms with Gasteiger partial charge in [0.25, 0.3) is 5.91 Å². The highest BCUT2D eigenvalue weighted by molar-refractivity contribution is 5.84. The Bertz CT molecular complexity index is 1240. The zero-order valence-corrected chi connectivity index (χ0v) is 20.7. The van der Waals surface area contributed by atoms with Crippen molar-refractivity contribution in [3.05, 3.63) is 108 Å². The molecule has 0 bridgehead atoms. The molecule has 0 N–H and O–H groups in total.